The van der Waals surface area contributed by atoms with E-state index in [4.69, 9.17) is 11.6 Å². The van der Waals surface area contributed by atoms with E-state index in [0.29, 0.717) is 6.61 Å². The number of esters is 1. The van der Waals surface area contributed by atoms with E-state index < -0.39 is 0 Å². The minimum atomic E-state index is -0.357. The average molecular weight is 159 g/mol. The van der Waals surface area contributed by atoms with Gasteiger partial charge in [0.05, 0.1) is 6.61 Å². The van der Waals surface area contributed by atoms with Crippen molar-refractivity contribution in [1.29, 1.82) is 0 Å². The number of alkyl halides is 1. The summed E-state index contributed by atoms with van der Waals surface area (Å²) in [5.74, 6) is -0.405. The van der Waals surface area contributed by atoms with Crippen LogP contribution in [0.25, 0.3) is 0 Å². The predicted molar refractivity (Wildman–Crippen MR) is 34.6 cm³/mol. The normalized spacial score (nSPS) is 7.25. The van der Waals surface area contributed by atoms with Crippen molar-refractivity contribution in [2.75, 3.05) is 12.5 Å². The molecule has 2 nitrogen and oxygen atoms in total. The lowest BCUT2D eigenvalue weighted by molar-refractivity contribution is -0.140. The Labute approximate surface area is 59.6 Å². The molecule has 0 rings (SSSR count). The zero-order chi connectivity index (χ0) is 5.70. The average Bonchev–Trinajstić information content (AvgIpc) is 1.68. The van der Waals surface area contributed by atoms with Crippen molar-refractivity contribution in [3.63, 3.8) is 0 Å². The molecule has 0 bridgehead atoms. The van der Waals surface area contributed by atoms with Gasteiger partial charge in [-0.2, -0.15) is 0 Å². The molecule has 0 atom stereocenters. The number of halogens is 2. The SMILES string of the molecule is CCOC(=O)CCl.Cl. The number of rotatable bonds is 2. The summed E-state index contributed by atoms with van der Waals surface area (Å²) < 4.78 is 4.42. The fraction of sp³-hybridized carbons (Fsp3) is 0.750. The molecule has 0 spiro atoms. The van der Waals surface area contributed by atoms with Crippen molar-refractivity contribution >= 4 is 30.0 Å². The Morgan fingerprint density at radius 3 is 2.38 bits per heavy atom. The molecule has 0 aromatic rings. The molecule has 8 heavy (non-hydrogen) atoms. The van der Waals surface area contributed by atoms with Gasteiger partial charge in [-0.05, 0) is 6.92 Å². The van der Waals surface area contributed by atoms with Crippen LogP contribution < -0.4 is 0 Å². The molecule has 0 aliphatic carbocycles. The molecular weight excluding hydrogens is 151 g/mol. The minimum Gasteiger partial charge on any atom is -0.465 e. The molecule has 0 fully saturated rings. The first-order valence-electron chi connectivity index (χ1n) is 2.02. The molecule has 0 aliphatic heterocycles. The van der Waals surface area contributed by atoms with Gasteiger partial charge in [-0.15, -0.1) is 24.0 Å². The molecule has 0 heterocycles. The van der Waals surface area contributed by atoms with Crippen LogP contribution in [0.1, 0.15) is 6.92 Å². The first-order chi connectivity index (χ1) is 3.31. The molecule has 50 valence electrons. The molecular formula is C4H8Cl2O2. The number of hydrogen-bond donors (Lipinski definition) is 0. The van der Waals surface area contributed by atoms with Crippen molar-refractivity contribution in [2.24, 2.45) is 0 Å². The Morgan fingerprint density at radius 1 is 1.75 bits per heavy atom. The second kappa shape index (κ2) is 7.05. The largest absolute Gasteiger partial charge is 0.465 e. The maximum Gasteiger partial charge on any atom is 0.320 e. The van der Waals surface area contributed by atoms with E-state index in [2.05, 4.69) is 4.74 Å². The topological polar surface area (TPSA) is 26.3 Å². The summed E-state index contributed by atoms with van der Waals surface area (Å²) in [4.78, 5) is 10.1. The highest BCUT2D eigenvalue weighted by atomic mass is 35.5. The molecule has 0 radical (unpaired) electrons. The van der Waals surface area contributed by atoms with Crippen LogP contribution in [0.4, 0.5) is 0 Å². The Balaban J connectivity index is 0. The number of ether oxygens (including phenoxy) is 1. The summed E-state index contributed by atoms with van der Waals surface area (Å²) >= 11 is 5.06. The Morgan fingerprint density at radius 2 is 2.25 bits per heavy atom. The lowest BCUT2D eigenvalue weighted by Gasteiger charge is -1.92. The van der Waals surface area contributed by atoms with Gasteiger partial charge >= 0.3 is 5.97 Å². The van der Waals surface area contributed by atoms with E-state index in [9.17, 15) is 4.79 Å². The van der Waals surface area contributed by atoms with Crippen LogP contribution in [0.2, 0.25) is 0 Å². The van der Waals surface area contributed by atoms with Crippen molar-refractivity contribution in [3.8, 4) is 0 Å². The molecule has 0 aromatic carbocycles. The fourth-order valence-electron chi connectivity index (χ4n) is 0.200. The molecule has 0 amide bonds. The van der Waals surface area contributed by atoms with Crippen LogP contribution >= 0.6 is 24.0 Å². The van der Waals surface area contributed by atoms with Crippen LogP contribution in [0.5, 0.6) is 0 Å². The summed E-state index contributed by atoms with van der Waals surface area (Å²) in [6.45, 7) is 2.15. The van der Waals surface area contributed by atoms with Crippen LogP contribution in [0, 0.1) is 0 Å². The van der Waals surface area contributed by atoms with Crippen LogP contribution in [0.15, 0.2) is 0 Å². The summed E-state index contributed by atoms with van der Waals surface area (Å²) in [5, 5.41) is 0. The van der Waals surface area contributed by atoms with E-state index in [1.54, 1.807) is 6.92 Å². The highest BCUT2D eigenvalue weighted by Crippen LogP contribution is 1.79. The maximum atomic E-state index is 10.1. The van der Waals surface area contributed by atoms with Crippen molar-refractivity contribution < 1.29 is 9.53 Å². The summed E-state index contributed by atoms with van der Waals surface area (Å²) in [5.41, 5.74) is 0. The molecule has 0 unspecified atom stereocenters. The highest BCUT2D eigenvalue weighted by Gasteiger charge is 1.93. The summed E-state index contributed by atoms with van der Waals surface area (Å²) in [7, 11) is 0. The van der Waals surface area contributed by atoms with Crippen LogP contribution in [0.3, 0.4) is 0 Å². The zero-order valence-electron chi connectivity index (χ0n) is 4.52. The van der Waals surface area contributed by atoms with Gasteiger partial charge in [-0.1, -0.05) is 0 Å². The molecule has 4 heteroatoms. The minimum absolute atomic E-state index is 0. The maximum absolute atomic E-state index is 10.1. The van der Waals surface area contributed by atoms with E-state index in [1.165, 1.54) is 0 Å². The van der Waals surface area contributed by atoms with Gasteiger partial charge in [0.15, 0.2) is 0 Å². The molecule has 0 saturated heterocycles. The third-order valence-corrected chi connectivity index (χ3v) is 0.633. The predicted octanol–water partition coefficient (Wildman–Crippen LogP) is 1.21. The molecule has 0 saturated carbocycles. The Bertz CT molecular complexity index is 65.1. The van der Waals surface area contributed by atoms with Crippen molar-refractivity contribution in [1.82, 2.24) is 0 Å². The number of carbonyl (C=O) groups is 1. The third-order valence-electron chi connectivity index (χ3n) is 0.414. The monoisotopic (exact) mass is 158 g/mol. The quantitative estimate of drug-likeness (QED) is 0.447. The molecule has 0 aromatic heterocycles. The second-order valence-electron chi connectivity index (χ2n) is 0.939. The van der Waals surface area contributed by atoms with E-state index in [-0.39, 0.29) is 24.3 Å². The third kappa shape index (κ3) is 6.05. The van der Waals surface area contributed by atoms with Gasteiger partial charge in [-0.3, -0.25) is 4.79 Å². The van der Waals surface area contributed by atoms with Gasteiger partial charge in [0.2, 0.25) is 0 Å². The first kappa shape index (κ1) is 10.9. The smallest absolute Gasteiger partial charge is 0.320 e. The number of hydrogen-bond acceptors (Lipinski definition) is 2. The molecule has 0 N–H and O–H groups in total. The summed E-state index contributed by atoms with van der Waals surface area (Å²) in [6.07, 6.45) is 0. The van der Waals surface area contributed by atoms with Crippen molar-refractivity contribution in [2.45, 2.75) is 6.92 Å². The number of carbonyl (C=O) groups excluding carboxylic acids is 1. The first-order valence-corrected chi connectivity index (χ1v) is 2.56. The zero-order valence-corrected chi connectivity index (χ0v) is 6.09. The Hall–Kier alpha value is 0.0500. The van der Waals surface area contributed by atoms with E-state index in [1.807, 2.05) is 0 Å². The van der Waals surface area contributed by atoms with Gasteiger partial charge < -0.3 is 4.74 Å². The molecule has 0 aliphatic rings. The summed E-state index contributed by atoms with van der Waals surface area (Å²) in [6, 6.07) is 0. The van der Waals surface area contributed by atoms with Crippen LogP contribution in [-0.2, 0) is 9.53 Å². The van der Waals surface area contributed by atoms with Gasteiger partial charge in [0, 0.05) is 0 Å². The van der Waals surface area contributed by atoms with Crippen LogP contribution in [-0.4, -0.2) is 18.5 Å². The Kier molecular flexibility index (Phi) is 9.63. The van der Waals surface area contributed by atoms with Crippen molar-refractivity contribution in [3.05, 3.63) is 0 Å². The lowest BCUT2D eigenvalue weighted by atomic mass is 10.8. The lowest BCUT2D eigenvalue weighted by Crippen LogP contribution is -2.03. The fourth-order valence-corrected chi connectivity index (χ4v) is 0.277. The van der Waals surface area contributed by atoms with Gasteiger partial charge in [0.1, 0.15) is 5.88 Å². The second-order valence-corrected chi connectivity index (χ2v) is 1.21. The highest BCUT2D eigenvalue weighted by molar-refractivity contribution is 6.26. The standard InChI is InChI=1S/C4H7ClO2.ClH/c1-2-7-4(6)3-5;/h2-3H2,1H3;1H. The van der Waals surface area contributed by atoms with Gasteiger partial charge in [0.25, 0.3) is 0 Å². The van der Waals surface area contributed by atoms with Gasteiger partial charge in [-0.25, -0.2) is 0 Å². The van der Waals surface area contributed by atoms with E-state index in [0.717, 1.165) is 0 Å². The van der Waals surface area contributed by atoms with E-state index >= 15 is 0 Å².